The molecular weight excluding hydrogens is 138 g/mol. The summed E-state index contributed by atoms with van der Waals surface area (Å²) in [6, 6.07) is 0.970. The Morgan fingerprint density at radius 1 is 1.36 bits per heavy atom. The maximum absolute atomic E-state index is 11.1. The second-order valence-corrected chi connectivity index (χ2v) is 3.46. The highest BCUT2D eigenvalue weighted by Gasteiger charge is 2.37. The minimum atomic E-state index is 0.440. The molecule has 2 aliphatic heterocycles. The van der Waals surface area contributed by atoms with Crippen molar-refractivity contribution in [1.29, 1.82) is 0 Å². The fraction of sp³-hybridized carbons (Fsp3) is 0.667. The van der Waals surface area contributed by atoms with E-state index in [0.717, 1.165) is 12.8 Å². The lowest BCUT2D eigenvalue weighted by Gasteiger charge is -2.32. The Kier molecular flexibility index (Phi) is 1.48. The van der Waals surface area contributed by atoms with Gasteiger partial charge in [0.1, 0.15) is 5.78 Å². The van der Waals surface area contributed by atoms with Crippen LogP contribution in [0.1, 0.15) is 25.7 Å². The van der Waals surface area contributed by atoms with E-state index in [1.807, 2.05) is 6.20 Å². The van der Waals surface area contributed by atoms with E-state index in [0.29, 0.717) is 17.9 Å². The maximum Gasteiger partial charge on any atom is 0.137 e. The number of hydrogen-bond acceptors (Lipinski definition) is 2. The third kappa shape index (κ3) is 0.971. The largest absolute Gasteiger partial charge is 0.371 e. The number of carbonyl (C=O) groups is 1. The molecule has 11 heavy (non-hydrogen) atoms. The van der Waals surface area contributed by atoms with Crippen LogP contribution in [-0.4, -0.2) is 22.8 Å². The summed E-state index contributed by atoms with van der Waals surface area (Å²) < 4.78 is 0. The van der Waals surface area contributed by atoms with Crippen LogP contribution in [0, 0.1) is 0 Å². The summed E-state index contributed by atoms with van der Waals surface area (Å²) in [5.41, 5.74) is 0. The number of nitrogens with zero attached hydrogens (tertiary/aromatic N) is 1. The summed E-state index contributed by atoms with van der Waals surface area (Å²) in [7, 11) is 0. The van der Waals surface area contributed by atoms with E-state index < -0.39 is 0 Å². The molecule has 0 saturated carbocycles. The van der Waals surface area contributed by atoms with Crippen LogP contribution < -0.4 is 0 Å². The third-order valence-corrected chi connectivity index (χ3v) is 2.81. The lowest BCUT2D eigenvalue weighted by atomic mass is 10.0. The molecule has 0 N–H and O–H groups in total. The summed E-state index contributed by atoms with van der Waals surface area (Å²) in [6.45, 7) is 3.76. The van der Waals surface area contributed by atoms with E-state index in [2.05, 4.69) is 11.5 Å². The van der Waals surface area contributed by atoms with Crippen LogP contribution in [0.5, 0.6) is 0 Å². The molecule has 2 heterocycles. The second kappa shape index (κ2) is 2.36. The van der Waals surface area contributed by atoms with Crippen LogP contribution in [0.4, 0.5) is 0 Å². The molecule has 0 aromatic heterocycles. The first kappa shape index (κ1) is 6.89. The van der Waals surface area contributed by atoms with Crippen LogP contribution in [0.25, 0.3) is 0 Å². The highest BCUT2D eigenvalue weighted by Crippen LogP contribution is 2.33. The second-order valence-electron chi connectivity index (χ2n) is 3.46. The number of rotatable bonds is 1. The average Bonchev–Trinajstić information content (AvgIpc) is 2.23. The summed E-state index contributed by atoms with van der Waals surface area (Å²) >= 11 is 0. The van der Waals surface area contributed by atoms with E-state index in [1.54, 1.807) is 0 Å². The SMILES string of the molecule is C=CN1C2CCC1CC(=O)C2. The maximum atomic E-state index is 11.1. The molecule has 0 aromatic rings. The molecule has 0 radical (unpaired) electrons. The quantitative estimate of drug-likeness (QED) is 0.563. The number of ketones is 1. The highest BCUT2D eigenvalue weighted by atomic mass is 16.1. The van der Waals surface area contributed by atoms with Crippen LogP contribution >= 0.6 is 0 Å². The molecule has 0 spiro atoms. The van der Waals surface area contributed by atoms with Crippen LogP contribution in [0.15, 0.2) is 12.8 Å². The monoisotopic (exact) mass is 151 g/mol. The molecule has 2 atom stereocenters. The zero-order chi connectivity index (χ0) is 7.84. The van der Waals surface area contributed by atoms with Crippen molar-refractivity contribution < 1.29 is 4.79 Å². The molecule has 2 saturated heterocycles. The average molecular weight is 151 g/mol. The normalized spacial score (nSPS) is 36.0. The summed E-state index contributed by atoms with van der Waals surface area (Å²) in [4.78, 5) is 13.4. The third-order valence-electron chi connectivity index (χ3n) is 2.81. The summed E-state index contributed by atoms with van der Waals surface area (Å²) in [5.74, 6) is 0.440. The van der Waals surface area contributed by atoms with Crippen molar-refractivity contribution >= 4 is 5.78 Å². The topological polar surface area (TPSA) is 20.3 Å². The standard InChI is InChI=1S/C9H13NO/c1-2-10-7-3-4-8(10)6-9(11)5-7/h2,7-8H,1,3-6H2. The summed E-state index contributed by atoms with van der Waals surface area (Å²) in [5, 5.41) is 0. The first-order chi connectivity index (χ1) is 5.31. The van der Waals surface area contributed by atoms with Gasteiger partial charge >= 0.3 is 0 Å². The molecule has 0 aromatic carbocycles. The number of carbonyl (C=O) groups excluding carboxylic acids is 1. The Morgan fingerprint density at radius 2 is 1.91 bits per heavy atom. The predicted octanol–water partition coefficient (Wildman–Crippen LogP) is 1.33. The van der Waals surface area contributed by atoms with Gasteiger partial charge in [0, 0.05) is 24.9 Å². The van der Waals surface area contributed by atoms with Crippen molar-refractivity contribution in [3.63, 3.8) is 0 Å². The fourth-order valence-corrected chi connectivity index (χ4v) is 2.30. The van der Waals surface area contributed by atoms with Gasteiger partial charge < -0.3 is 4.90 Å². The fourth-order valence-electron chi connectivity index (χ4n) is 2.30. The van der Waals surface area contributed by atoms with Crippen molar-refractivity contribution in [1.82, 2.24) is 4.90 Å². The minimum absolute atomic E-state index is 0.440. The van der Waals surface area contributed by atoms with E-state index in [1.165, 1.54) is 12.8 Å². The minimum Gasteiger partial charge on any atom is -0.371 e. The molecule has 2 heteroatoms. The van der Waals surface area contributed by atoms with Gasteiger partial charge in [0.25, 0.3) is 0 Å². The van der Waals surface area contributed by atoms with Gasteiger partial charge in [0.15, 0.2) is 0 Å². The van der Waals surface area contributed by atoms with Gasteiger partial charge in [-0.15, -0.1) is 0 Å². The summed E-state index contributed by atoms with van der Waals surface area (Å²) in [6.07, 6.45) is 5.77. The molecule has 2 bridgehead atoms. The number of piperidine rings is 1. The van der Waals surface area contributed by atoms with Crippen molar-refractivity contribution in [2.24, 2.45) is 0 Å². The molecule has 0 aliphatic carbocycles. The van der Waals surface area contributed by atoms with Crippen molar-refractivity contribution in [2.75, 3.05) is 0 Å². The Labute approximate surface area is 66.9 Å². The van der Waals surface area contributed by atoms with Gasteiger partial charge in [-0.05, 0) is 19.0 Å². The Morgan fingerprint density at radius 3 is 2.36 bits per heavy atom. The lowest BCUT2D eigenvalue weighted by molar-refractivity contribution is -0.122. The number of hydrogen-bond donors (Lipinski definition) is 0. The van der Waals surface area contributed by atoms with E-state index in [4.69, 9.17) is 0 Å². The van der Waals surface area contributed by atoms with Crippen LogP contribution in [-0.2, 0) is 4.79 Å². The van der Waals surface area contributed by atoms with E-state index in [9.17, 15) is 4.79 Å². The van der Waals surface area contributed by atoms with Crippen molar-refractivity contribution in [3.05, 3.63) is 12.8 Å². The van der Waals surface area contributed by atoms with Gasteiger partial charge in [0.05, 0.1) is 0 Å². The Bertz CT molecular complexity index is 184. The van der Waals surface area contributed by atoms with Gasteiger partial charge in [-0.3, -0.25) is 4.79 Å². The van der Waals surface area contributed by atoms with E-state index in [-0.39, 0.29) is 0 Å². The molecule has 2 nitrogen and oxygen atoms in total. The molecule has 2 unspecified atom stereocenters. The Balaban J connectivity index is 2.18. The Hall–Kier alpha value is -0.790. The van der Waals surface area contributed by atoms with Gasteiger partial charge in [-0.1, -0.05) is 6.58 Å². The van der Waals surface area contributed by atoms with Crippen LogP contribution in [0.3, 0.4) is 0 Å². The van der Waals surface area contributed by atoms with Gasteiger partial charge in [-0.25, -0.2) is 0 Å². The molecule has 2 fully saturated rings. The smallest absolute Gasteiger partial charge is 0.137 e. The van der Waals surface area contributed by atoms with E-state index >= 15 is 0 Å². The predicted molar refractivity (Wildman–Crippen MR) is 43.1 cm³/mol. The first-order valence-electron chi connectivity index (χ1n) is 4.23. The van der Waals surface area contributed by atoms with Gasteiger partial charge in [0.2, 0.25) is 0 Å². The van der Waals surface area contributed by atoms with Crippen molar-refractivity contribution in [2.45, 2.75) is 37.8 Å². The zero-order valence-electron chi connectivity index (χ0n) is 6.62. The molecule has 0 amide bonds. The molecular formula is C9H13NO. The molecule has 60 valence electrons. The van der Waals surface area contributed by atoms with Crippen LogP contribution in [0.2, 0.25) is 0 Å². The zero-order valence-corrected chi connectivity index (χ0v) is 6.62. The lowest BCUT2D eigenvalue weighted by Crippen LogP contribution is -2.39. The number of fused-ring (bicyclic) bond motifs is 2. The van der Waals surface area contributed by atoms with Gasteiger partial charge in [-0.2, -0.15) is 0 Å². The molecule has 2 rings (SSSR count). The first-order valence-corrected chi connectivity index (χ1v) is 4.23. The highest BCUT2D eigenvalue weighted by molar-refractivity contribution is 5.81. The molecule has 2 aliphatic rings. The number of Topliss-reactive ketones (excluding diaryl/α,β-unsaturated/α-hetero) is 1. The van der Waals surface area contributed by atoms with Crippen molar-refractivity contribution in [3.8, 4) is 0 Å².